The van der Waals surface area contributed by atoms with Gasteiger partial charge in [0.1, 0.15) is 0 Å². The molecular weight excluding hydrogens is 298 g/mol. The zero-order valence-corrected chi connectivity index (χ0v) is 13.1. The van der Waals surface area contributed by atoms with Gasteiger partial charge < -0.3 is 4.90 Å². The molecule has 0 spiro atoms. The van der Waals surface area contributed by atoms with E-state index in [1.54, 1.807) is 18.0 Å². The number of thioether (sulfide) groups is 1. The molecule has 22 heavy (non-hydrogen) atoms. The van der Waals surface area contributed by atoms with Crippen LogP contribution in [0.25, 0.3) is 0 Å². The molecule has 5 nitrogen and oxygen atoms in total. The zero-order chi connectivity index (χ0) is 15.5. The standard InChI is InChI=1S/C16H17N3O2S/c1-12(20)22-15-9-16(21)19(11-15)14-5-3-13(4-6-14)10-18-8-2-7-17-18/h2-8,15H,9-11H2,1H3. The molecule has 0 aliphatic carbocycles. The molecule has 1 aromatic heterocycles. The quantitative estimate of drug-likeness (QED) is 0.869. The Morgan fingerprint density at radius 2 is 2.14 bits per heavy atom. The largest absolute Gasteiger partial charge is 0.311 e. The van der Waals surface area contributed by atoms with Crippen LogP contribution in [0.3, 0.4) is 0 Å². The maximum atomic E-state index is 12.1. The summed E-state index contributed by atoms with van der Waals surface area (Å²) >= 11 is 1.26. The molecule has 1 atom stereocenters. The molecule has 3 rings (SSSR count). The minimum atomic E-state index is 0.0637. The van der Waals surface area contributed by atoms with Crippen molar-refractivity contribution in [1.29, 1.82) is 0 Å². The Kier molecular flexibility index (Phi) is 4.29. The van der Waals surface area contributed by atoms with Crippen LogP contribution in [0.4, 0.5) is 5.69 Å². The molecule has 1 saturated heterocycles. The van der Waals surface area contributed by atoms with Crippen molar-refractivity contribution in [3.63, 3.8) is 0 Å². The molecule has 114 valence electrons. The van der Waals surface area contributed by atoms with E-state index in [1.165, 1.54) is 11.8 Å². The van der Waals surface area contributed by atoms with Crippen molar-refractivity contribution in [3.8, 4) is 0 Å². The summed E-state index contributed by atoms with van der Waals surface area (Å²) in [4.78, 5) is 25.0. The first-order valence-corrected chi connectivity index (χ1v) is 8.04. The van der Waals surface area contributed by atoms with Crippen molar-refractivity contribution in [2.24, 2.45) is 0 Å². The van der Waals surface area contributed by atoms with E-state index in [0.717, 1.165) is 11.3 Å². The molecule has 1 unspecified atom stereocenters. The summed E-state index contributed by atoms with van der Waals surface area (Å²) < 4.78 is 1.86. The Labute approximate surface area is 133 Å². The van der Waals surface area contributed by atoms with Crippen molar-refractivity contribution < 1.29 is 9.59 Å². The minimum absolute atomic E-state index is 0.0637. The highest BCUT2D eigenvalue weighted by Crippen LogP contribution is 2.28. The molecule has 0 bridgehead atoms. The van der Waals surface area contributed by atoms with Crippen LogP contribution in [0, 0.1) is 0 Å². The van der Waals surface area contributed by atoms with Crippen molar-refractivity contribution in [3.05, 3.63) is 48.3 Å². The lowest BCUT2D eigenvalue weighted by atomic mass is 10.2. The van der Waals surface area contributed by atoms with E-state index in [0.29, 0.717) is 19.5 Å². The van der Waals surface area contributed by atoms with Crippen molar-refractivity contribution >= 4 is 28.5 Å². The van der Waals surface area contributed by atoms with Gasteiger partial charge in [-0.3, -0.25) is 14.3 Å². The molecule has 6 heteroatoms. The molecule has 2 aromatic rings. The maximum Gasteiger partial charge on any atom is 0.228 e. The SMILES string of the molecule is CC(=O)SC1CC(=O)N(c2ccc(Cn3cccn3)cc2)C1. The lowest BCUT2D eigenvalue weighted by Crippen LogP contribution is -2.24. The summed E-state index contributed by atoms with van der Waals surface area (Å²) in [7, 11) is 0. The van der Waals surface area contributed by atoms with E-state index >= 15 is 0 Å². The van der Waals surface area contributed by atoms with Crippen LogP contribution in [-0.2, 0) is 16.1 Å². The van der Waals surface area contributed by atoms with Crippen LogP contribution in [0.15, 0.2) is 42.7 Å². The number of carbonyl (C=O) groups excluding carboxylic acids is 2. The van der Waals surface area contributed by atoms with Crippen LogP contribution in [0.2, 0.25) is 0 Å². The van der Waals surface area contributed by atoms with E-state index < -0.39 is 0 Å². The molecule has 2 heterocycles. The van der Waals surface area contributed by atoms with Gasteiger partial charge in [-0.1, -0.05) is 23.9 Å². The Bertz CT molecular complexity index is 667. The second-order valence-corrected chi connectivity index (χ2v) is 6.79. The number of aromatic nitrogens is 2. The third kappa shape index (κ3) is 3.39. The lowest BCUT2D eigenvalue weighted by molar-refractivity contribution is -0.117. The van der Waals surface area contributed by atoms with E-state index in [-0.39, 0.29) is 16.3 Å². The normalized spacial score (nSPS) is 18.0. The predicted octanol–water partition coefficient (Wildman–Crippen LogP) is 2.32. The Hall–Kier alpha value is -2.08. The Morgan fingerprint density at radius 3 is 2.77 bits per heavy atom. The number of amides is 1. The molecule has 0 N–H and O–H groups in total. The second-order valence-electron chi connectivity index (χ2n) is 5.31. The van der Waals surface area contributed by atoms with Crippen molar-refractivity contribution in [2.75, 3.05) is 11.4 Å². The number of benzene rings is 1. The molecule has 1 aliphatic heterocycles. The molecule has 0 radical (unpaired) electrons. The number of anilines is 1. The van der Waals surface area contributed by atoms with Gasteiger partial charge in [-0.15, -0.1) is 0 Å². The van der Waals surface area contributed by atoms with Crippen molar-refractivity contribution in [2.45, 2.75) is 25.1 Å². The number of hydrogen-bond acceptors (Lipinski definition) is 4. The highest BCUT2D eigenvalue weighted by atomic mass is 32.2. The van der Waals surface area contributed by atoms with Crippen molar-refractivity contribution in [1.82, 2.24) is 9.78 Å². The highest BCUT2D eigenvalue weighted by molar-refractivity contribution is 8.14. The summed E-state index contributed by atoms with van der Waals surface area (Å²) in [6.45, 7) is 2.85. The molecule has 1 fully saturated rings. The van der Waals surface area contributed by atoms with E-state index in [1.807, 2.05) is 41.2 Å². The van der Waals surface area contributed by atoms with Gasteiger partial charge in [0.25, 0.3) is 0 Å². The van der Waals surface area contributed by atoms with Gasteiger partial charge in [0.05, 0.1) is 6.54 Å². The van der Waals surface area contributed by atoms with Gasteiger partial charge in [-0.05, 0) is 23.8 Å². The van der Waals surface area contributed by atoms with Gasteiger partial charge in [0, 0.05) is 43.2 Å². The predicted molar refractivity (Wildman–Crippen MR) is 86.8 cm³/mol. The Morgan fingerprint density at radius 1 is 1.36 bits per heavy atom. The van der Waals surface area contributed by atoms with E-state index in [2.05, 4.69) is 5.10 Å². The summed E-state index contributed by atoms with van der Waals surface area (Å²) in [5, 5.41) is 4.31. The number of nitrogens with zero attached hydrogens (tertiary/aromatic N) is 3. The van der Waals surface area contributed by atoms with Crippen LogP contribution >= 0.6 is 11.8 Å². The smallest absolute Gasteiger partial charge is 0.228 e. The molecule has 1 aliphatic rings. The van der Waals surface area contributed by atoms with Crippen LogP contribution < -0.4 is 4.90 Å². The second kappa shape index (κ2) is 6.36. The summed E-state index contributed by atoms with van der Waals surface area (Å²) in [5.41, 5.74) is 2.02. The third-order valence-corrected chi connectivity index (χ3v) is 4.55. The minimum Gasteiger partial charge on any atom is -0.311 e. The monoisotopic (exact) mass is 315 g/mol. The van der Waals surface area contributed by atoms with Crippen LogP contribution in [0.5, 0.6) is 0 Å². The topological polar surface area (TPSA) is 55.2 Å². The molecule has 1 aromatic carbocycles. The van der Waals surface area contributed by atoms with Gasteiger partial charge >= 0.3 is 0 Å². The molecular formula is C16H17N3O2S. The first kappa shape index (κ1) is 14.8. The van der Waals surface area contributed by atoms with E-state index in [9.17, 15) is 9.59 Å². The highest BCUT2D eigenvalue weighted by Gasteiger charge is 2.31. The molecule has 1 amide bonds. The summed E-state index contributed by atoms with van der Waals surface area (Å²) in [6.07, 6.45) is 4.10. The zero-order valence-electron chi connectivity index (χ0n) is 12.3. The van der Waals surface area contributed by atoms with Gasteiger partial charge in [-0.25, -0.2) is 0 Å². The van der Waals surface area contributed by atoms with Gasteiger partial charge in [-0.2, -0.15) is 5.10 Å². The average molecular weight is 315 g/mol. The third-order valence-electron chi connectivity index (χ3n) is 3.57. The summed E-state index contributed by atoms with van der Waals surface area (Å²) in [5.74, 6) is 0.0820. The van der Waals surface area contributed by atoms with Gasteiger partial charge in [0.2, 0.25) is 5.91 Å². The molecule has 0 saturated carbocycles. The Balaban J connectivity index is 1.67. The number of rotatable bonds is 4. The average Bonchev–Trinajstić information content (AvgIpc) is 3.09. The van der Waals surface area contributed by atoms with E-state index in [4.69, 9.17) is 0 Å². The number of hydrogen-bond donors (Lipinski definition) is 0. The first-order valence-electron chi connectivity index (χ1n) is 7.16. The fraction of sp³-hybridized carbons (Fsp3) is 0.312. The van der Waals surface area contributed by atoms with Gasteiger partial charge in [0.15, 0.2) is 5.12 Å². The van der Waals surface area contributed by atoms with Crippen LogP contribution in [0.1, 0.15) is 18.9 Å². The first-order chi connectivity index (χ1) is 10.6. The maximum absolute atomic E-state index is 12.1. The fourth-order valence-electron chi connectivity index (χ4n) is 2.60. The fourth-order valence-corrected chi connectivity index (χ4v) is 3.52. The summed E-state index contributed by atoms with van der Waals surface area (Å²) in [6, 6.07) is 9.82. The number of carbonyl (C=O) groups is 2. The van der Waals surface area contributed by atoms with Crippen LogP contribution in [-0.4, -0.2) is 32.6 Å². The lowest BCUT2D eigenvalue weighted by Gasteiger charge is -2.17.